The van der Waals surface area contributed by atoms with Gasteiger partial charge in [0.1, 0.15) is 11.3 Å². The number of rotatable bonds is 10. The number of nitrogens with one attached hydrogen (secondary N) is 1. The van der Waals surface area contributed by atoms with E-state index in [4.69, 9.17) is 9.47 Å². The highest BCUT2D eigenvalue weighted by Crippen LogP contribution is 2.29. The third-order valence-electron chi connectivity index (χ3n) is 4.48. The number of aromatic nitrogens is 1. The molecule has 12 heteroatoms. The van der Waals surface area contributed by atoms with Crippen molar-refractivity contribution in [3.05, 3.63) is 53.6 Å². The minimum absolute atomic E-state index is 0.0128. The Labute approximate surface area is 187 Å². The molecule has 0 saturated heterocycles. The van der Waals surface area contributed by atoms with Gasteiger partial charge in [-0.2, -0.15) is 4.31 Å². The molecule has 0 aliphatic heterocycles. The number of hydrogen-bond donors (Lipinski definition) is 1. The van der Waals surface area contributed by atoms with Crippen molar-refractivity contribution in [2.24, 2.45) is 0 Å². The molecule has 3 aromatic rings. The van der Waals surface area contributed by atoms with Crippen LogP contribution < -0.4 is 5.32 Å². The van der Waals surface area contributed by atoms with E-state index in [1.165, 1.54) is 42.8 Å². The maximum Gasteiger partial charge on any atom is 0.257 e. The summed E-state index contributed by atoms with van der Waals surface area (Å²) in [5, 5.41) is 2.61. The second-order valence-electron chi connectivity index (χ2n) is 6.62. The molecule has 3 rings (SSSR count). The molecular formula is C20H21F2N3O5S2. The van der Waals surface area contributed by atoms with Crippen LogP contribution in [-0.2, 0) is 19.5 Å². The number of carbonyl (C=O) groups is 1. The van der Waals surface area contributed by atoms with Gasteiger partial charge in [0, 0.05) is 38.9 Å². The molecule has 1 N–H and O–H groups in total. The lowest BCUT2D eigenvalue weighted by Gasteiger charge is -2.21. The Kier molecular flexibility index (Phi) is 7.85. The molecule has 0 spiro atoms. The summed E-state index contributed by atoms with van der Waals surface area (Å²) in [6.07, 6.45) is 0. The molecule has 32 heavy (non-hydrogen) atoms. The molecule has 1 aromatic heterocycles. The Bertz CT molecular complexity index is 1190. The van der Waals surface area contributed by atoms with Crippen LogP contribution in [0.5, 0.6) is 0 Å². The predicted molar refractivity (Wildman–Crippen MR) is 116 cm³/mol. The van der Waals surface area contributed by atoms with E-state index < -0.39 is 27.6 Å². The molecule has 0 unspecified atom stereocenters. The van der Waals surface area contributed by atoms with Crippen molar-refractivity contribution in [3.8, 4) is 0 Å². The number of ether oxygens (including phenoxy) is 2. The molecule has 8 nitrogen and oxygen atoms in total. The van der Waals surface area contributed by atoms with Crippen molar-refractivity contribution in [1.29, 1.82) is 0 Å². The maximum absolute atomic E-state index is 13.8. The van der Waals surface area contributed by atoms with E-state index in [9.17, 15) is 22.0 Å². The number of carbonyl (C=O) groups excluding carboxylic acids is 1. The first kappa shape index (κ1) is 24.1. The summed E-state index contributed by atoms with van der Waals surface area (Å²) >= 11 is 0.926. The summed E-state index contributed by atoms with van der Waals surface area (Å²) in [6.45, 7) is 0.741. The van der Waals surface area contributed by atoms with Crippen molar-refractivity contribution >= 4 is 42.6 Å². The van der Waals surface area contributed by atoms with E-state index in [0.29, 0.717) is 0 Å². The zero-order chi connectivity index (χ0) is 23.3. The molecule has 0 fully saturated rings. The number of anilines is 1. The third kappa shape index (κ3) is 5.45. The topological polar surface area (TPSA) is 97.8 Å². The number of methoxy groups -OCH3 is 2. The molecule has 172 valence electrons. The van der Waals surface area contributed by atoms with Crippen molar-refractivity contribution in [2.45, 2.75) is 4.90 Å². The first-order valence-electron chi connectivity index (χ1n) is 9.41. The zero-order valence-corrected chi connectivity index (χ0v) is 18.9. The van der Waals surface area contributed by atoms with Gasteiger partial charge in [0.05, 0.1) is 22.8 Å². The Hall–Kier alpha value is -2.51. The van der Waals surface area contributed by atoms with Gasteiger partial charge in [-0.3, -0.25) is 10.1 Å². The lowest BCUT2D eigenvalue weighted by Crippen LogP contribution is -2.36. The second kappa shape index (κ2) is 10.4. The molecule has 0 bridgehead atoms. The van der Waals surface area contributed by atoms with Crippen molar-refractivity contribution in [3.63, 3.8) is 0 Å². The second-order valence-corrected chi connectivity index (χ2v) is 9.59. The number of amides is 1. The normalized spacial score (nSPS) is 11.9. The lowest BCUT2D eigenvalue weighted by molar-refractivity contribution is 0.102. The van der Waals surface area contributed by atoms with E-state index in [0.717, 1.165) is 23.5 Å². The largest absolute Gasteiger partial charge is 0.383 e. The van der Waals surface area contributed by atoms with Crippen molar-refractivity contribution < 1.29 is 31.5 Å². The predicted octanol–water partition coefficient (Wildman–Crippen LogP) is 3.11. The third-order valence-corrected chi connectivity index (χ3v) is 7.31. The minimum Gasteiger partial charge on any atom is -0.383 e. The van der Waals surface area contributed by atoms with Crippen LogP contribution in [0, 0.1) is 11.6 Å². The molecule has 1 amide bonds. The van der Waals surface area contributed by atoms with Crippen LogP contribution in [0.15, 0.2) is 41.3 Å². The van der Waals surface area contributed by atoms with Gasteiger partial charge in [-0.1, -0.05) is 11.3 Å². The van der Waals surface area contributed by atoms with Gasteiger partial charge < -0.3 is 9.47 Å². The maximum atomic E-state index is 13.8. The lowest BCUT2D eigenvalue weighted by atomic mass is 10.2. The van der Waals surface area contributed by atoms with Gasteiger partial charge in [0.15, 0.2) is 10.9 Å². The first-order valence-corrected chi connectivity index (χ1v) is 11.7. The van der Waals surface area contributed by atoms with Crippen LogP contribution in [0.4, 0.5) is 13.9 Å². The van der Waals surface area contributed by atoms with Gasteiger partial charge in [0.2, 0.25) is 10.0 Å². The monoisotopic (exact) mass is 485 g/mol. The minimum atomic E-state index is -3.82. The van der Waals surface area contributed by atoms with Gasteiger partial charge >= 0.3 is 0 Å². The van der Waals surface area contributed by atoms with Crippen LogP contribution in [0.25, 0.3) is 10.2 Å². The molecule has 0 radical (unpaired) electrons. The Morgan fingerprint density at radius 2 is 1.72 bits per heavy atom. The van der Waals surface area contributed by atoms with Crippen molar-refractivity contribution in [2.75, 3.05) is 45.8 Å². The van der Waals surface area contributed by atoms with Crippen LogP contribution in [-0.4, -0.2) is 64.1 Å². The number of fused-ring (bicyclic) bond motifs is 1. The number of benzene rings is 2. The smallest absolute Gasteiger partial charge is 0.257 e. The number of hydrogen-bond acceptors (Lipinski definition) is 7. The zero-order valence-electron chi connectivity index (χ0n) is 17.3. The van der Waals surface area contributed by atoms with E-state index in [1.54, 1.807) is 0 Å². The highest BCUT2D eigenvalue weighted by molar-refractivity contribution is 7.89. The number of thiazole rings is 1. The Balaban J connectivity index is 1.76. The summed E-state index contributed by atoms with van der Waals surface area (Å²) in [6, 6.07) is 7.22. The van der Waals surface area contributed by atoms with Crippen LogP contribution in [0.3, 0.4) is 0 Å². The summed E-state index contributed by atoms with van der Waals surface area (Å²) in [5.41, 5.74) is 0.135. The summed E-state index contributed by atoms with van der Waals surface area (Å²) in [7, 11) is -0.865. The molecule has 2 aromatic carbocycles. The van der Waals surface area contributed by atoms with Gasteiger partial charge in [-0.25, -0.2) is 22.2 Å². The Morgan fingerprint density at radius 3 is 2.31 bits per heavy atom. The van der Waals surface area contributed by atoms with E-state index in [-0.39, 0.29) is 52.1 Å². The number of nitrogens with zero attached hydrogens (tertiary/aromatic N) is 2. The summed E-state index contributed by atoms with van der Waals surface area (Å²) < 4.78 is 64.4. The SMILES string of the molecule is COCCN(CCOC)S(=O)(=O)c1ccc(C(=O)Nc2nc3c(F)cc(F)cc3s2)cc1. The highest BCUT2D eigenvalue weighted by Gasteiger charge is 2.24. The van der Waals surface area contributed by atoms with E-state index in [2.05, 4.69) is 10.3 Å². The number of halogens is 2. The van der Waals surface area contributed by atoms with Crippen LogP contribution in [0.2, 0.25) is 0 Å². The van der Waals surface area contributed by atoms with Crippen molar-refractivity contribution in [1.82, 2.24) is 9.29 Å². The average molecular weight is 486 g/mol. The quantitative estimate of drug-likeness (QED) is 0.474. The average Bonchev–Trinajstić information content (AvgIpc) is 3.16. The summed E-state index contributed by atoms with van der Waals surface area (Å²) in [5.74, 6) is -2.12. The van der Waals surface area contributed by atoms with E-state index in [1.807, 2.05) is 0 Å². The Morgan fingerprint density at radius 1 is 1.09 bits per heavy atom. The van der Waals surface area contributed by atoms with Gasteiger partial charge in [-0.15, -0.1) is 0 Å². The fraction of sp³-hybridized carbons (Fsp3) is 0.300. The van der Waals surface area contributed by atoms with Crippen LogP contribution in [0.1, 0.15) is 10.4 Å². The van der Waals surface area contributed by atoms with Gasteiger partial charge in [-0.05, 0) is 30.3 Å². The van der Waals surface area contributed by atoms with Gasteiger partial charge in [0.25, 0.3) is 5.91 Å². The molecule has 0 aliphatic carbocycles. The highest BCUT2D eigenvalue weighted by atomic mass is 32.2. The molecule has 0 saturated carbocycles. The molecule has 1 heterocycles. The fourth-order valence-electron chi connectivity index (χ4n) is 2.85. The number of sulfonamides is 1. The standard InChI is InChI=1S/C20H21F2N3O5S2/c1-29-9-7-25(8-10-30-2)32(27,28)15-5-3-13(4-6-15)19(26)24-20-23-18-16(22)11-14(21)12-17(18)31-20/h3-6,11-12H,7-10H2,1-2H3,(H,23,24,26). The first-order chi connectivity index (χ1) is 15.3. The fourth-order valence-corrected chi connectivity index (χ4v) is 5.15. The van der Waals surface area contributed by atoms with Crippen LogP contribution >= 0.6 is 11.3 Å². The molecular weight excluding hydrogens is 464 g/mol. The summed E-state index contributed by atoms with van der Waals surface area (Å²) in [4.78, 5) is 16.5. The molecule has 0 atom stereocenters. The van der Waals surface area contributed by atoms with E-state index >= 15 is 0 Å². The molecule has 0 aliphatic rings.